The van der Waals surface area contributed by atoms with Crippen molar-refractivity contribution in [3.63, 3.8) is 0 Å². The molecule has 0 aromatic rings. The van der Waals surface area contributed by atoms with Gasteiger partial charge in [0.1, 0.15) is 6.17 Å². The molecule has 0 aromatic carbocycles. The molecule has 0 spiro atoms. The summed E-state index contributed by atoms with van der Waals surface area (Å²) in [6.07, 6.45) is 2.90. The first-order valence-electron chi connectivity index (χ1n) is 4.83. The molecule has 0 heterocycles. The minimum Gasteiger partial charge on any atom is -0.321 e. The minimum absolute atomic E-state index is 0.0234. The van der Waals surface area contributed by atoms with Crippen LogP contribution >= 0.6 is 7.60 Å². The van der Waals surface area contributed by atoms with Crippen molar-refractivity contribution in [1.82, 2.24) is 0 Å². The van der Waals surface area contributed by atoms with Crippen molar-refractivity contribution < 1.29 is 18.7 Å². The van der Waals surface area contributed by atoms with Gasteiger partial charge in [0.2, 0.25) is 0 Å². The highest BCUT2D eigenvalue weighted by molar-refractivity contribution is 7.56. The van der Waals surface area contributed by atoms with Gasteiger partial charge in [-0.2, -0.15) is 0 Å². The van der Waals surface area contributed by atoms with Crippen molar-refractivity contribution in [1.29, 1.82) is 0 Å². The van der Waals surface area contributed by atoms with Gasteiger partial charge in [-0.05, 0) is 19.8 Å². The topological polar surface area (TPSA) is 57.5 Å². The van der Waals surface area contributed by atoms with Crippen molar-refractivity contribution in [3.05, 3.63) is 11.4 Å². The van der Waals surface area contributed by atoms with E-state index in [4.69, 9.17) is 9.79 Å². The second-order valence-electron chi connectivity index (χ2n) is 3.66. The fourth-order valence-corrected chi connectivity index (χ4v) is 3.08. The highest BCUT2D eigenvalue weighted by Gasteiger charge is 2.35. The molecule has 1 aliphatic carbocycles. The monoisotopic (exact) mass is 222 g/mol. The molecule has 1 saturated carbocycles. The van der Waals surface area contributed by atoms with Gasteiger partial charge in [-0.3, -0.25) is 4.57 Å². The predicted molar refractivity (Wildman–Crippen MR) is 52.7 cm³/mol. The fourth-order valence-electron chi connectivity index (χ4n) is 2.02. The maximum Gasteiger partial charge on any atom is 0.352 e. The lowest BCUT2D eigenvalue weighted by Gasteiger charge is -2.28. The molecule has 0 saturated heterocycles. The van der Waals surface area contributed by atoms with Crippen molar-refractivity contribution in [2.24, 2.45) is 5.92 Å². The smallest absolute Gasteiger partial charge is 0.321 e. The second kappa shape index (κ2) is 4.56. The van der Waals surface area contributed by atoms with E-state index in [1.54, 1.807) is 6.92 Å². The summed E-state index contributed by atoms with van der Waals surface area (Å²) >= 11 is 0. The summed E-state index contributed by atoms with van der Waals surface area (Å²) in [5, 5.41) is -0.0234. The first-order valence-corrected chi connectivity index (χ1v) is 6.44. The number of halogens is 1. The molecule has 14 heavy (non-hydrogen) atoms. The maximum absolute atomic E-state index is 13.4. The quantitative estimate of drug-likeness (QED) is 0.706. The van der Waals surface area contributed by atoms with Gasteiger partial charge in [0.15, 0.2) is 0 Å². The average molecular weight is 222 g/mol. The maximum atomic E-state index is 13.4. The lowest BCUT2D eigenvalue weighted by molar-refractivity contribution is 0.191. The van der Waals surface area contributed by atoms with E-state index in [2.05, 4.69) is 0 Å². The Balaban J connectivity index is 2.84. The van der Waals surface area contributed by atoms with Crippen LogP contribution in [-0.2, 0) is 4.57 Å². The highest BCUT2D eigenvalue weighted by atomic mass is 31.2. The van der Waals surface area contributed by atoms with Crippen LogP contribution in [0.25, 0.3) is 0 Å². The third-order valence-corrected chi connectivity index (χ3v) is 3.96. The van der Waals surface area contributed by atoms with E-state index in [1.807, 2.05) is 0 Å². The number of alkyl halides is 1. The van der Waals surface area contributed by atoms with Gasteiger partial charge < -0.3 is 9.79 Å². The first-order chi connectivity index (χ1) is 6.46. The Morgan fingerprint density at radius 2 is 2.00 bits per heavy atom. The van der Waals surface area contributed by atoms with Crippen molar-refractivity contribution >= 4 is 7.60 Å². The van der Waals surface area contributed by atoms with E-state index in [9.17, 15) is 8.96 Å². The molecule has 2 unspecified atom stereocenters. The fraction of sp³-hybridized carbons (Fsp3) is 0.778. The zero-order chi connectivity index (χ0) is 10.8. The molecule has 0 amide bonds. The molecule has 3 nitrogen and oxygen atoms in total. The standard InChI is InChI=1S/C9H16FO3P/c1-2-9(14(11,12)13)7-5-3-4-6-8(7)10/h2,7-8H,3-6H2,1H3,(H2,11,12,13)/b9-2-. The van der Waals surface area contributed by atoms with Crippen LogP contribution in [0.4, 0.5) is 4.39 Å². The molecule has 0 aliphatic heterocycles. The third kappa shape index (κ3) is 2.66. The van der Waals surface area contributed by atoms with Crippen molar-refractivity contribution in [3.8, 4) is 0 Å². The molecular formula is C9H16FO3P. The molecule has 82 valence electrons. The second-order valence-corrected chi connectivity index (χ2v) is 5.27. The summed E-state index contributed by atoms with van der Waals surface area (Å²) in [7, 11) is -4.26. The lowest BCUT2D eigenvalue weighted by Crippen LogP contribution is -2.22. The number of hydrogen-bond donors (Lipinski definition) is 2. The van der Waals surface area contributed by atoms with Gasteiger partial charge in [0, 0.05) is 11.2 Å². The SMILES string of the molecule is C/C=C(/C1CCCCC1F)P(=O)(O)O. The highest BCUT2D eigenvalue weighted by Crippen LogP contribution is 2.52. The van der Waals surface area contributed by atoms with Crippen molar-refractivity contribution in [2.45, 2.75) is 38.8 Å². The third-order valence-electron chi connectivity index (χ3n) is 2.69. The summed E-state index contributed by atoms with van der Waals surface area (Å²) in [6.45, 7) is 1.55. The van der Waals surface area contributed by atoms with E-state index in [1.165, 1.54) is 6.08 Å². The van der Waals surface area contributed by atoms with Crippen LogP contribution in [-0.4, -0.2) is 16.0 Å². The summed E-state index contributed by atoms with van der Waals surface area (Å²) in [6, 6.07) is 0. The molecule has 1 rings (SSSR count). The number of hydrogen-bond acceptors (Lipinski definition) is 1. The molecule has 2 atom stereocenters. The van der Waals surface area contributed by atoms with Crippen LogP contribution in [0.5, 0.6) is 0 Å². The van der Waals surface area contributed by atoms with E-state index in [0.717, 1.165) is 12.8 Å². The number of allylic oxidation sites excluding steroid dienone is 2. The Morgan fingerprint density at radius 1 is 1.43 bits per heavy atom. The largest absolute Gasteiger partial charge is 0.352 e. The van der Waals surface area contributed by atoms with Gasteiger partial charge in [0.25, 0.3) is 0 Å². The van der Waals surface area contributed by atoms with E-state index < -0.39 is 19.7 Å². The van der Waals surface area contributed by atoms with Crippen LogP contribution in [0.1, 0.15) is 32.6 Å². The molecule has 0 bridgehead atoms. The molecule has 0 aromatic heterocycles. The summed E-state index contributed by atoms with van der Waals surface area (Å²) < 4.78 is 24.5. The zero-order valence-electron chi connectivity index (χ0n) is 8.19. The molecule has 0 radical (unpaired) electrons. The van der Waals surface area contributed by atoms with Gasteiger partial charge >= 0.3 is 7.60 Å². The zero-order valence-corrected chi connectivity index (χ0v) is 9.08. The molecule has 2 N–H and O–H groups in total. The van der Waals surface area contributed by atoms with Crippen molar-refractivity contribution in [2.75, 3.05) is 0 Å². The first kappa shape index (κ1) is 11.9. The Hall–Kier alpha value is -0.180. The van der Waals surface area contributed by atoms with E-state index >= 15 is 0 Å². The Kier molecular flexibility index (Phi) is 3.87. The van der Waals surface area contributed by atoms with E-state index in [0.29, 0.717) is 12.8 Å². The number of rotatable bonds is 2. The van der Waals surface area contributed by atoms with Gasteiger partial charge in [0.05, 0.1) is 0 Å². The minimum atomic E-state index is -4.26. The van der Waals surface area contributed by atoms with Gasteiger partial charge in [-0.1, -0.05) is 18.9 Å². The molecular weight excluding hydrogens is 206 g/mol. The Labute approximate surface area is 83.2 Å². The van der Waals surface area contributed by atoms with Crippen LogP contribution < -0.4 is 0 Å². The van der Waals surface area contributed by atoms with Crippen LogP contribution in [0.15, 0.2) is 11.4 Å². The molecule has 1 aliphatic rings. The normalized spacial score (nSPS) is 30.4. The summed E-state index contributed by atoms with van der Waals surface area (Å²) in [5.41, 5.74) is 0. The summed E-state index contributed by atoms with van der Waals surface area (Å²) in [5.74, 6) is -0.574. The van der Waals surface area contributed by atoms with Crippen LogP contribution in [0.2, 0.25) is 0 Å². The lowest BCUT2D eigenvalue weighted by atomic mass is 9.87. The Morgan fingerprint density at radius 3 is 2.43 bits per heavy atom. The van der Waals surface area contributed by atoms with Gasteiger partial charge in [-0.25, -0.2) is 4.39 Å². The predicted octanol–water partition coefficient (Wildman–Crippen LogP) is 2.60. The van der Waals surface area contributed by atoms with Crippen LogP contribution in [0, 0.1) is 5.92 Å². The van der Waals surface area contributed by atoms with Crippen LogP contribution in [0.3, 0.4) is 0 Å². The molecule has 1 fully saturated rings. The van der Waals surface area contributed by atoms with Gasteiger partial charge in [-0.15, -0.1) is 0 Å². The van der Waals surface area contributed by atoms with E-state index in [-0.39, 0.29) is 5.31 Å². The summed E-state index contributed by atoms with van der Waals surface area (Å²) in [4.78, 5) is 18.0. The Bertz CT molecular complexity index is 271. The average Bonchev–Trinajstić information content (AvgIpc) is 2.07. The molecule has 5 heteroatoms.